The fraction of sp³-hybridized carbons (Fsp3) is 0.455. The lowest BCUT2D eigenvalue weighted by Crippen LogP contribution is -2.03. The van der Waals surface area contributed by atoms with Crippen molar-refractivity contribution < 1.29 is 0 Å². The first-order chi connectivity index (χ1) is 5.11. The van der Waals surface area contributed by atoms with Crippen LogP contribution in [-0.2, 0) is 0 Å². The molecule has 1 aliphatic rings. The molecule has 0 heterocycles. The predicted molar refractivity (Wildman–Crippen MR) is 50.4 cm³/mol. The third kappa shape index (κ3) is 1.83. The third-order valence-corrected chi connectivity index (χ3v) is 2.40. The van der Waals surface area contributed by atoms with Crippen LogP contribution in [0.25, 0.3) is 0 Å². The van der Waals surface area contributed by atoms with Crippen LogP contribution in [0.1, 0.15) is 27.2 Å². The molecule has 0 aromatic rings. The molecule has 0 aromatic heterocycles. The maximum Gasteiger partial charge on any atom is -0.0191 e. The van der Waals surface area contributed by atoms with Crippen LogP contribution in [0.5, 0.6) is 0 Å². The van der Waals surface area contributed by atoms with Crippen molar-refractivity contribution in [3.63, 3.8) is 0 Å². The summed E-state index contributed by atoms with van der Waals surface area (Å²) in [4.78, 5) is 0. The molecule has 0 bridgehead atoms. The van der Waals surface area contributed by atoms with Gasteiger partial charge in [-0.2, -0.15) is 0 Å². The topological polar surface area (TPSA) is 0 Å². The first kappa shape index (κ1) is 8.32. The largest absolute Gasteiger partial charge is 0.0958 e. The van der Waals surface area contributed by atoms with E-state index in [0.29, 0.717) is 5.92 Å². The van der Waals surface area contributed by atoms with Crippen molar-refractivity contribution >= 4 is 0 Å². The number of hydrogen-bond donors (Lipinski definition) is 0. The average Bonchev–Trinajstić information content (AvgIpc) is 1.94. The third-order valence-electron chi connectivity index (χ3n) is 2.40. The molecule has 1 rings (SSSR count). The van der Waals surface area contributed by atoms with Crippen molar-refractivity contribution in [2.24, 2.45) is 5.92 Å². The Bertz CT molecular complexity index is 228. The van der Waals surface area contributed by atoms with Gasteiger partial charge in [0.05, 0.1) is 0 Å². The molecular weight excluding hydrogens is 132 g/mol. The normalized spacial score (nSPS) is 24.1. The van der Waals surface area contributed by atoms with E-state index in [2.05, 4.69) is 39.5 Å². The van der Waals surface area contributed by atoms with Crippen LogP contribution in [0.4, 0.5) is 0 Å². The SMILES string of the molecule is C=C(C)C1=CC=C(C)C(C)C1. The minimum absolute atomic E-state index is 0.701. The Kier molecular flexibility index (Phi) is 2.33. The molecule has 0 heteroatoms. The molecule has 0 radical (unpaired) electrons. The standard InChI is InChI=1S/C11H16/c1-8(2)11-6-5-9(3)10(4)7-11/h5-6,10H,1,7H2,2-4H3. The molecule has 0 amide bonds. The van der Waals surface area contributed by atoms with E-state index in [0.717, 1.165) is 6.42 Å². The molecule has 11 heavy (non-hydrogen) atoms. The first-order valence-corrected chi connectivity index (χ1v) is 4.14. The second-order valence-corrected chi connectivity index (χ2v) is 3.49. The molecule has 1 unspecified atom stereocenters. The van der Waals surface area contributed by atoms with Crippen LogP contribution in [0.15, 0.2) is 35.5 Å². The summed E-state index contributed by atoms with van der Waals surface area (Å²) >= 11 is 0. The molecule has 0 fully saturated rings. The minimum atomic E-state index is 0.701. The van der Waals surface area contributed by atoms with Gasteiger partial charge in [0, 0.05) is 0 Å². The van der Waals surface area contributed by atoms with Gasteiger partial charge in [0.15, 0.2) is 0 Å². The van der Waals surface area contributed by atoms with Gasteiger partial charge in [0.25, 0.3) is 0 Å². The van der Waals surface area contributed by atoms with E-state index in [4.69, 9.17) is 0 Å². The Morgan fingerprint density at radius 1 is 1.55 bits per heavy atom. The Labute approximate surface area is 69.3 Å². The van der Waals surface area contributed by atoms with Crippen LogP contribution in [0.2, 0.25) is 0 Å². The summed E-state index contributed by atoms with van der Waals surface area (Å²) in [7, 11) is 0. The van der Waals surface area contributed by atoms with E-state index in [9.17, 15) is 0 Å². The second-order valence-electron chi connectivity index (χ2n) is 3.49. The van der Waals surface area contributed by atoms with E-state index in [1.54, 1.807) is 0 Å². The highest BCUT2D eigenvalue weighted by Gasteiger charge is 2.11. The van der Waals surface area contributed by atoms with Crippen molar-refractivity contribution in [2.45, 2.75) is 27.2 Å². The summed E-state index contributed by atoms with van der Waals surface area (Å²) in [5.41, 5.74) is 4.10. The first-order valence-electron chi connectivity index (χ1n) is 4.14. The Balaban J connectivity index is 2.82. The van der Waals surface area contributed by atoms with E-state index in [1.807, 2.05) is 0 Å². The maximum absolute atomic E-state index is 3.94. The summed E-state index contributed by atoms with van der Waals surface area (Å²) < 4.78 is 0. The van der Waals surface area contributed by atoms with Crippen molar-refractivity contribution in [1.29, 1.82) is 0 Å². The van der Waals surface area contributed by atoms with Gasteiger partial charge in [0.1, 0.15) is 0 Å². The van der Waals surface area contributed by atoms with Crippen molar-refractivity contribution in [2.75, 3.05) is 0 Å². The molecule has 1 aliphatic carbocycles. The van der Waals surface area contributed by atoms with E-state index >= 15 is 0 Å². The van der Waals surface area contributed by atoms with Crippen LogP contribution < -0.4 is 0 Å². The van der Waals surface area contributed by atoms with Crippen LogP contribution in [-0.4, -0.2) is 0 Å². The molecular formula is C11H16. The molecule has 0 saturated carbocycles. The van der Waals surface area contributed by atoms with Gasteiger partial charge in [-0.1, -0.05) is 36.8 Å². The average molecular weight is 148 g/mol. The van der Waals surface area contributed by atoms with E-state index < -0.39 is 0 Å². The molecule has 0 N–H and O–H groups in total. The second kappa shape index (κ2) is 3.08. The van der Waals surface area contributed by atoms with Crippen LogP contribution in [0, 0.1) is 5.92 Å². The van der Waals surface area contributed by atoms with Gasteiger partial charge in [-0.3, -0.25) is 0 Å². The molecule has 1 atom stereocenters. The van der Waals surface area contributed by atoms with Crippen molar-refractivity contribution in [3.8, 4) is 0 Å². The zero-order chi connectivity index (χ0) is 8.43. The Hall–Kier alpha value is -0.780. The maximum atomic E-state index is 3.94. The molecule has 0 aliphatic heterocycles. The lowest BCUT2D eigenvalue weighted by Gasteiger charge is -2.18. The van der Waals surface area contributed by atoms with Gasteiger partial charge in [-0.15, -0.1) is 0 Å². The molecule has 60 valence electrons. The highest BCUT2D eigenvalue weighted by Crippen LogP contribution is 2.27. The zero-order valence-corrected chi connectivity index (χ0v) is 7.65. The Morgan fingerprint density at radius 3 is 2.64 bits per heavy atom. The van der Waals surface area contributed by atoms with Gasteiger partial charge < -0.3 is 0 Å². The fourth-order valence-corrected chi connectivity index (χ4v) is 1.27. The monoisotopic (exact) mass is 148 g/mol. The van der Waals surface area contributed by atoms with Gasteiger partial charge in [-0.05, 0) is 31.8 Å². The predicted octanol–water partition coefficient (Wildman–Crippen LogP) is 3.48. The lowest BCUT2D eigenvalue weighted by molar-refractivity contribution is 0.666. The summed E-state index contributed by atoms with van der Waals surface area (Å²) in [6.07, 6.45) is 5.56. The van der Waals surface area contributed by atoms with Crippen molar-refractivity contribution in [1.82, 2.24) is 0 Å². The molecule has 0 aromatic carbocycles. The van der Waals surface area contributed by atoms with Crippen molar-refractivity contribution in [3.05, 3.63) is 35.5 Å². The fourth-order valence-electron chi connectivity index (χ4n) is 1.27. The summed E-state index contributed by atoms with van der Waals surface area (Å²) in [5, 5.41) is 0. The molecule has 0 nitrogen and oxygen atoms in total. The Morgan fingerprint density at radius 2 is 2.18 bits per heavy atom. The molecule has 0 saturated heterocycles. The van der Waals surface area contributed by atoms with Gasteiger partial charge in [0.2, 0.25) is 0 Å². The quantitative estimate of drug-likeness (QED) is 0.534. The highest BCUT2D eigenvalue weighted by atomic mass is 14.2. The van der Waals surface area contributed by atoms with E-state index in [1.165, 1.54) is 16.7 Å². The number of hydrogen-bond acceptors (Lipinski definition) is 0. The number of rotatable bonds is 1. The summed E-state index contributed by atoms with van der Waals surface area (Å²) in [6, 6.07) is 0. The van der Waals surface area contributed by atoms with Gasteiger partial charge in [-0.25, -0.2) is 0 Å². The minimum Gasteiger partial charge on any atom is -0.0958 e. The van der Waals surface area contributed by atoms with Crippen LogP contribution >= 0.6 is 0 Å². The van der Waals surface area contributed by atoms with E-state index in [-0.39, 0.29) is 0 Å². The van der Waals surface area contributed by atoms with Gasteiger partial charge >= 0.3 is 0 Å². The number of allylic oxidation sites excluding steroid dienone is 5. The summed E-state index contributed by atoms with van der Waals surface area (Å²) in [6.45, 7) is 10.5. The summed E-state index contributed by atoms with van der Waals surface area (Å²) in [5.74, 6) is 0.701. The molecule has 0 spiro atoms. The smallest absolute Gasteiger partial charge is 0.0191 e. The zero-order valence-electron chi connectivity index (χ0n) is 7.65. The van der Waals surface area contributed by atoms with Crippen LogP contribution in [0.3, 0.4) is 0 Å². The highest BCUT2D eigenvalue weighted by molar-refractivity contribution is 5.35. The lowest BCUT2D eigenvalue weighted by atomic mass is 9.87.